The number of imidazole rings is 1. The highest BCUT2D eigenvalue weighted by atomic mass is 35.5. The number of nitrogens with one attached hydrogen (secondary N) is 1. The first-order chi connectivity index (χ1) is 11.5. The van der Waals surface area contributed by atoms with E-state index >= 15 is 0 Å². The average molecular weight is 360 g/mol. The summed E-state index contributed by atoms with van der Waals surface area (Å²) in [6, 6.07) is -0.279. The Hall–Kier alpha value is -1.56. The summed E-state index contributed by atoms with van der Waals surface area (Å²) in [5.41, 5.74) is 0.662. The third-order valence-corrected chi connectivity index (χ3v) is 4.01. The monoisotopic (exact) mass is 359 g/mol. The first-order valence-corrected chi connectivity index (χ1v) is 7.74. The van der Waals surface area contributed by atoms with Gasteiger partial charge < -0.3 is 30.5 Å². The number of hydrogen-bond donors (Lipinski definition) is 5. The van der Waals surface area contributed by atoms with Crippen LogP contribution in [0.3, 0.4) is 0 Å². The van der Waals surface area contributed by atoms with E-state index in [0.29, 0.717) is 11.3 Å². The van der Waals surface area contributed by atoms with Gasteiger partial charge in [-0.2, -0.15) is 9.97 Å². The number of hydrogen-bond acceptors (Lipinski definition) is 9. The predicted molar refractivity (Wildman–Crippen MR) is 83.5 cm³/mol. The highest BCUT2D eigenvalue weighted by Crippen LogP contribution is 2.32. The maximum Gasteiger partial charge on any atom is 0.226 e. The van der Waals surface area contributed by atoms with Crippen molar-refractivity contribution in [3.8, 4) is 0 Å². The number of aliphatic hydroxyl groups is 4. The second-order valence-electron chi connectivity index (χ2n) is 5.62. The molecule has 2 aromatic rings. The van der Waals surface area contributed by atoms with Crippen LogP contribution in [0.4, 0.5) is 5.82 Å². The van der Waals surface area contributed by atoms with Gasteiger partial charge in [0.05, 0.1) is 19.5 Å². The largest absolute Gasteiger partial charge is 0.394 e. The molecule has 1 saturated heterocycles. The average Bonchev–Trinajstić information content (AvgIpc) is 3.09. The molecule has 1 aliphatic rings. The van der Waals surface area contributed by atoms with Crippen molar-refractivity contribution in [2.24, 2.45) is 0 Å². The van der Waals surface area contributed by atoms with Crippen molar-refractivity contribution in [3.63, 3.8) is 0 Å². The Morgan fingerprint density at radius 3 is 2.71 bits per heavy atom. The Kier molecular flexibility index (Phi) is 4.85. The first-order valence-electron chi connectivity index (χ1n) is 7.36. The molecule has 0 bridgehead atoms. The van der Waals surface area contributed by atoms with Gasteiger partial charge in [0.2, 0.25) is 5.28 Å². The number of fused-ring (bicyclic) bond motifs is 1. The summed E-state index contributed by atoms with van der Waals surface area (Å²) >= 11 is 5.95. The van der Waals surface area contributed by atoms with E-state index in [-0.39, 0.29) is 23.6 Å². The predicted octanol–water partition coefficient (Wildman–Crippen LogP) is -1.12. The zero-order chi connectivity index (χ0) is 17.4. The summed E-state index contributed by atoms with van der Waals surface area (Å²) < 4.78 is 6.90. The van der Waals surface area contributed by atoms with Crippen molar-refractivity contribution in [3.05, 3.63) is 11.6 Å². The second-order valence-corrected chi connectivity index (χ2v) is 5.96. The van der Waals surface area contributed by atoms with E-state index in [1.165, 1.54) is 10.9 Å². The number of ether oxygens (including phenoxy) is 1. The maximum absolute atomic E-state index is 10.2. The van der Waals surface area contributed by atoms with Gasteiger partial charge in [0.15, 0.2) is 23.2 Å². The fourth-order valence-corrected chi connectivity index (χ4v) is 2.73. The van der Waals surface area contributed by atoms with E-state index in [1.54, 1.807) is 6.92 Å². The molecule has 0 radical (unpaired) electrons. The van der Waals surface area contributed by atoms with Crippen molar-refractivity contribution in [1.82, 2.24) is 19.5 Å². The Morgan fingerprint density at radius 2 is 2.08 bits per heavy atom. The number of rotatable bonds is 5. The molecule has 0 spiro atoms. The highest BCUT2D eigenvalue weighted by Gasteiger charge is 2.44. The molecule has 0 saturated carbocycles. The summed E-state index contributed by atoms with van der Waals surface area (Å²) in [5.74, 6) is 0.331. The molecule has 2 aromatic heterocycles. The van der Waals surface area contributed by atoms with Crippen molar-refractivity contribution in [2.45, 2.75) is 37.5 Å². The molecule has 10 nitrogen and oxygen atoms in total. The number of aliphatic hydroxyl groups excluding tert-OH is 4. The molecule has 0 aliphatic carbocycles. The van der Waals surface area contributed by atoms with Crippen molar-refractivity contribution in [2.75, 3.05) is 18.5 Å². The van der Waals surface area contributed by atoms with Gasteiger partial charge in [0.25, 0.3) is 0 Å². The Balaban J connectivity index is 2.02. The number of halogens is 1. The minimum atomic E-state index is -1.26. The van der Waals surface area contributed by atoms with Crippen LogP contribution in [0.5, 0.6) is 0 Å². The SMILES string of the molecule is C[C@H](CO)Nc1nc(Cl)nc2c1ncn2[C@@H]1O[C@H](CO)[C@@H](O)[C@H]1O. The van der Waals surface area contributed by atoms with Crippen LogP contribution in [0.15, 0.2) is 6.33 Å². The lowest BCUT2D eigenvalue weighted by Gasteiger charge is -2.17. The molecule has 24 heavy (non-hydrogen) atoms. The van der Waals surface area contributed by atoms with Gasteiger partial charge in [-0.05, 0) is 18.5 Å². The smallest absolute Gasteiger partial charge is 0.226 e. The molecule has 0 unspecified atom stereocenters. The Labute approximate surface area is 141 Å². The van der Waals surface area contributed by atoms with E-state index in [9.17, 15) is 15.3 Å². The quantitative estimate of drug-likeness (QED) is 0.419. The van der Waals surface area contributed by atoms with Gasteiger partial charge >= 0.3 is 0 Å². The standard InChI is InChI=1S/C13H18ClN5O5/c1-5(2-20)16-10-7-11(18-13(14)17-10)19(4-15-7)12-9(23)8(22)6(3-21)24-12/h4-6,8-9,12,20-23H,2-3H2,1H3,(H,16,17,18)/t5-,6-,8-,9-,12-/m1/s1. The van der Waals surface area contributed by atoms with Crippen LogP contribution in [0.1, 0.15) is 13.2 Å². The summed E-state index contributed by atoms with van der Waals surface area (Å²) in [6.45, 7) is 1.21. The molecule has 1 fully saturated rings. The normalized spacial score (nSPS) is 28.4. The molecule has 0 amide bonds. The second kappa shape index (κ2) is 6.75. The molecule has 0 aromatic carbocycles. The van der Waals surface area contributed by atoms with Crippen LogP contribution >= 0.6 is 11.6 Å². The van der Waals surface area contributed by atoms with Gasteiger partial charge in [-0.25, -0.2) is 4.98 Å². The zero-order valence-electron chi connectivity index (χ0n) is 12.7. The van der Waals surface area contributed by atoms with E-state index in [0.717, 1.165) is 0 Å². The fourth-order valence-electron chi connectivity index (χ4n) is 2.57. The summed E-state index contributed by atoms with van der Waals surface area (Å²) in [7, 11) is 0. The molecule has 5 atom stereocenters. The molecule has 5 N–H and O–H groups in total. The first kappa shape index (κ1) is 17.3. The van der Waals surface area contributed by atoms with E-state index in [2.05, 4.69) is 20.3 Å². The van der Waals surface area contributed by atoms with Crippen LogP contribution in [-0.2, 0) is 4.74 Å². The molecular formula is C13H18ClN5O5. The molecule has 11 heteroatoms. The molecule has 1 aliphatic heterocycles. The van der Waals surface area contributed by atoms with Crippen LogP contribution in [0, 0.1) is 0 Å². The molecule has 3 rings (SSSR count). The third-order valence-electron chi connectivity index (χ3n) is 3.84. The summed E-state index contributed by atoms with van der Waals surface area (Å²) in [4.78, 5) is 12.4. The van der Waals surface area contributed by atoms with Gasteiger partial charge in [-0.15, -0.1) is 0 Å². The van der Waals surface area contributed by atoms with Crippen LogP contribution in [-0.4, -0.2) is 77.5 Å². The lowest BCUT2D eigenvalue weighted by molar-refractivity contribution is -0.0511. The van der Waals surface area contributed by atoms with E-state index in [1.807, 2.05) is 0 Å². The summed E-state index contributed by atoms with van der Waals surface area (Å²) in [5, 5.41) is 41.3. The molecule has 132 valence electrons. The maximum atomic E-state index is 10.2. The fraction of sp³-hybridized carbons (Fsp3) is 0.615. The lowest BCUT2D eigenvalue weighted by atomic mass is 10.1. The van der Waals surface area contributed by atoms with Crippen LogP contribution < -0.4 is 5.32 Å². The van der Waals surface area contributed by atoms with Gasteiger partial charge in [0, 0.05) is 6.04 Å². The van der Waals surface area contributed by atoms with E-state index in [4.69, 9.17) is 21.4 Å². The van der Waals surface area contributed by atoms with Gasteiger partial charge in [-0.1, -0.05) is 0 Å². The number of anilines is 1. The minimum absolute atomic E-state index is 0.0522. The summed E-state index contributed by atoms with van der Waals surface area (Å²) in [6.07, 6.45) is -3.00. The zero-order valence-corrected chi connectivity index (χ0v) is 13.5. The Morgan fingerprint density at radius 1 is 1.33 bits per heavy atom. The third kappa shape index (κ3) is 2.92. The van der Waals surface area contributed by atoms with Gasteiger partial charge in [-0.3, -0.25) is 4.57 Å². The minimum Gasteiger partial charge on any atom is -0.394 e. The van der Waals surface area contributed by atoms with Crippen molar-refractivity contribution >= 4 is 28.6 Å². The molecule has 3 heterocycles. The van der Waals surface area contributed by atoms with E-state index < -0.39 is 31.1 Å². The lowest BCUT2D eigenvalue weighted by Crippen LogP contribution is -2.33. The van der Waals surface area contributed by atoms with Crippen molar-refractivity contribution in [1.29, 1.82) is 0 Å². The number of nitrogens with zero attached hydrogens (tertiary/aromatic N) is 4. The van der Waals surface area contributed by atoms with Crippen LogP contribution in [0.25, 0.3) is 11.2 Å². The van der Waals surface area contributed by atoms with Gasteiger partial charge in [0.1, 0.15) is 18.3 Å². The molecular weight excluding hydrogens is 342 g/mol. The Bertz CT molecular complexity index is 728. The van der Waals surface area contributed by atoms with Crippen LogP contribution in [0.2, 0.25) is 5.28 Å². The highest BCUT2D eigenvalue weighted by molar-refractivity contribution is 6.28. The van der Waals surface area contributed by atoms with Crippen molar-refractivity contribution < 1.29 is 25.2 Å². The number of aromatic nitrogens is 4. The topological polar surface area (TPSA) is 146 Å².